The average molecular weight is 445 g/mol. The molecule has 0 bridgehead atoms. The molecule has 1 N–H and O–H groups in total. The first-order valence-corrected chi connectivity index (χ1v) is 11.6. The van der Waals surface area contributed by atoms with E-state index >= 15 is 0 Å². The molecule has 0 radical (unpaired) electrons. The molecule has 1 unspecified atom stereocenters. The summed E-state index contributed by atoms with van der Waals surface area (Å²) in [5, 5.41) is 14.8. The van der Waals surface area contributed by atoms with Gasteiger partial charge in [-0.15, -0.1) is 0 Å². The van der Waals surface area contributed by atoms with Gasteiger partial charge in [0.2, 0.25) is 10.0 Å². The maximum Gasteiger partial charge on any atom is 0.296 e. The second-order valence-electron chi connectivity index (χ2n) is 8.36. The number of ether oxygens (including phenoxy) is 1. The van der Waals surface area contributed by atoms with Crippen LogP contribution in [0.3, 0.4) is 0 Å². The van der Waals surface area contributed by atoms with Crippen molar-refractivity contribution in [1.82, 2.24) is 4.31 Å². The molecule has 166 valence electrons. The zero-order valence-corrected chi connectivity index (χ0v) is 17.5. The molecule has 4 rings (SSSR count). The highest BCUT2D eigenvalue weighted by Gasteiger charge is 2.60. The maximum absolute atomic E-state index is 13.3. The van der Waals surface area contributed by atoms with E-state index in [0.717, 1.165) is 0 Å². The lowest BCUT2D eigenvalue weighted by Gasteiger charge is -2.31. The number of halogens is 2. The first kappa shape index (κ1) is 21.4. The Morgan fingerprint density at radius 1 is 1.27 bits per heavy atom. The molecule has 1 aromatic carbocycles. The van der Waals surface area contributed by atoms with E-state index in [1.54, 1.807) is 0 Å². The number of alkyl halides is 2. The van der Waals surface area contributed by atoms with Gasteiger partial charge in [0.1, 0.15) is 5.69 Å². The van der Waals surface area contributed by atoms with E-state index in [4.69, 9.17) is 4.74 Å². The number of sulfonamides is 1. The highest BCUT2D eigenvalue weighted by atomic mass is 32.2. The predicted molar refractivity (Wildman–Crippen MR) is 105 cm³/mol. The van der Waals surface area contributed by atoms with Gasteiger partial charge >= 0.3 is 0 Å². The Morgan fingerprint density at radius 2 is 1.93 bits per heavy atom. The van der Waals surface area contributed by atoms with Crippen LogP contribution >= 0.6 is 0 Å². The Balaban J connectivity index is 1.55. The molecule has 0 spiro atoms. The van der Waals surface area contributed by atoms with E-state index in [1.165, 1.54) is 23.4 Å². The molecule has 8 nitrogen and oxygen atoms in total. The molecule has 1 aromatic rings. The van der Waals surface area contributed by atoms with Crippen LogP contribution in [0.4, 0.5) is 20.2 Å². The second-order valence-corrected chi connectivity index (χ2v) is 10.3. The van der Waals surface area contributed by atoms with Gasteiger partial charge in [0.25, 0.3) is 11.6 Å². The number of nitrogens with one attached hydrogen (secondary N) is 1. The second kappa shape index (κ2) is 7.69. The number of piperidine rings is 1. The summed E-state index contributed by atoms with van der Waals surface area (Å²) in [6.45, 7) is 2.72. The molecule has 2 heterocycles. The minimum atomic E-state index is -3.96. The van der Waals surface area contributed by atoms with Gasteiger partial charge in [-0.2, -0.15) is 4.31 Å². The van der Waals surface area contributed by atoms with Gasteiger partial charge in [0.05, 0.1) is 22.5 Å². The van der Waals surface area contributed by atoms with Crippen molar-refractivity contribution in [3.05, 3.63) is 27.8 Å². The quantitative estimate of drug-likeness (QED) is 0.533. The molecular formula is C19H25F2N3O5S. The average Bonchev–Trinajstić information content (AvgIpc) is 3.06. The molecular weight excluding hydrogens is 420 g/mol. The number of nitro groups is 1. The molecule has 2 atom stereocenters. The zero-order valence-electron chi connectivity index (χ0n) is 16.6. The van der Waals surface area contributed by atoms with Gasteiger partial charge in [-0.05, 0) is 44.2 Å². The molecule has 1 saturated carbocycles. The highest BCUT2D eigenvalue weighted by molar-refractivity contribution is 7.89. The van der Waals surface area contributed by atoms with Crippen LogP contribution in [-0.4, -0.2) is 55.9 Å². The fourth-order valence-corrected chi connectivity index (χ4v) is 6.28. The first-order chi connectivity index (χ1) is 14.1. The number of hydrogen-bond donors (Lipinski definition) is 1. The van der Waals surface area contributed by atoms with Crippen molar-refractivity contribution in [2.45, 2.75) is 49.5 Å². The standard InChI is InChI=1S/C19H25F2N3O5S/c1-12-17(3-2-16(18(12)24(25)26)22-14-6-9-29-11-14)30(27,28)23-7-4-13(5-8-23)15-10-19(15,20)21/h2-3,13-15,22H,4-11H2,1H3/t14-,15?/m1/s1. The largest absolute Gasteiger partial charge is 0.379 e. The van der Waals surface area contributed by atoms with Gasteiger partial charge in [-0.25, -0.2) is 17.2 Å². The number of anilines is 1. The van der Waals surface area contributed by atoms with E-state index in [9.17, 15) is 27.3 Å². The van der Waals surface area contributed by atoms with Crippen molar-refractivity contribution >= 4 is 21.4 Å². The van der Waals surface area contributed by atoms with Crippen molar-refractivity contribution in [2.24, 2.45) is 11.8 Å². The Bertz CT molecular complexity index is 942. The summed E-state index contributed by atoms with van der Waals surface area (Å²) in [6, 6.07) is 2.75. The predicted octanol–water partition coefficient (Wildman–Crippen LogP) is 3.16. The van der Waals surface area contributed by atoms with Gasteiger partial charge < -0.3 is 10.1 Å². The van der Waals surface area contributed by atoms with E-state index in [1.807, 2.05) is 0 Å². The van der Waals surface area contributed by atoms with E-state index < -0.39 is 26.8 Å². The molecule has 3 aliphatic rings. The summed E-state index contributed by atoms with van der Waals surface area (Å²) in [7, 11) is -3.96. The van der Waals surface area contributed by atoms with Gasteiger partial charge in [0.15, 0.2) is 0 Å². The van der Waals surface area contributed by atoms with Crippen LogP contribution in [0.1, 0.15) is 31.2 Å². The minimum absolute atomic E-state index is 0.0647. The minimum Gasteiger partial charge on any atom is -0.379 e. The normalized spacial score (nSPS) is 27.2. The van der Waals surface area contributed by atoms with Gasteiger partial charge in [-0.3, -0.25) is 10.1 Å². The van der Waals surface area contributed by atoms with Crippen LogP contribution in [-0.2, 0) is 14.8 Å². The third-order valence-electron chi connectivity index (χ3n) is 6.41. The summed E-state index contributed by atoms with van der Waals surface area (Å²) >= 11 is 0. The maximum atomic E-state index is 13.3. The smallest absolute Gasteiger partial charge is 0.296 e. The van der Waals surface area contributed by atoms with Crippen LogP contribution in [0.25, 0.3) is 0 Å². The lowest BCUT2D eigenvalue weighted by atomic mass is 9.93. The summed E-state index contributed by atoms with van der Waals surface area (Å²) in [5.74, 6) is -3.44. The van der Waals surface area contributed by atoms with Crippen LogP contribution in [0.5, 0.6) is 0 Å². The van der Waals surface area contributed by atoms with Crippen molar-refractivity contribution in [3.63, 3.8) is 0 Å². The Labute approximate surface area is 173 Å². The number of hydrogen-bond acceptors (Lipinski definition) is 6. The number of nitro benzene ring substituents is 1. The van der Waals surface area contributed by atoms with E-state index in [0.29, 0.717) is 32.5 Å². The SMILES string of the molecule is Cc1c(S(=O)(=O)N2CCC(C3CC3(F)F)CC2)ccc(N[C@@H]2CCOC2)c1[N+](=O)[O-]. The molecule has 1 aliphatic carbocycles. The van der Waals surface area contributed by atoms with Crippen molar-refractivity contribution < 1.29 is 26.9 Å². The number of rotatable bonds is 6. The number of benzene rings is 1. The summed E-state index contributed by atoms with van der Waals surface area (Å²) < 4.78 is 59.5. The van der Waals surface area contributed by atoms with Crippen molar-refractivity contribution in [3.8, 4) is 0 Å². The Hall–Kier alpha value is -1.85. The van der Waals surface area contributed by atoms with E-state index in [2.05, 4.69) is 5.32 Å². The monoisotopic (exact) mass is 445 g/mol. The third kappa shape index (κ3) is 3.90. The third-order valence-corrected chi connectivity index (χ3v) is 8.46. The van der Waals surface area contributed by atoms with Crippen LogP contribution in [0.15, 0.2) is 17.0 Å². The summed E-state index contributed by atoms with van der Waals surface area (Å²) in [5.41, 5.74) is 0.0665. The Kier molecular flexibility index (Phi) is 5.48. The highest BCUT2D eigenvalue weighted by Crippen LogP contribution is 2.55. The topological polar surface area (TPSA) is 102 Å². The molecule has 0 amide bonds. The van der Waals surface area contributed by atoms with Gasteiger partial charge in [-0.1, -0.05) is 0 Å². The van der Waals surface area contributed by atoms with E-state index in [-0.39, 0.29) is 53.3 Å². The zero-order chi connectivity index (χ0) is 21.7. The summed E-state index contributed by atoms with van der Waals surface area (Å²) in [6.07, 6.45) is 1.35. The first-order valence-electron chi connectivity index (χ1n) is 10.1. The summed E-state index contributed by atoms with van der Waals surface area (Å²) in [4.78, 5) is 11.0. The molecule has 11 heteroatoms. The van der Waals surface area contributed by atoms with Crippen LogP contribution in [0.2, 0.25) is 0 Å². The molecule has 2 aliphatic heterocycles. The molecule has 30 heavy (non-hydrogen) atoms. The Morgan fingerprint density at radius 3 is 2.47 bits per heavy atom. The van der Waals surface area contributed by atoms with Crippen molar-refractivity contribution in [2.75, 3.05) is 31.6 Å². The molecule has 3 fully saturated rings. The fourth-order valence-electron chi connectivity index (χ4n) is 4.58. The molecule has 0 aromatic heterocycles. The lowest BCUT2D eigenvalue weighted by molar-refractivity contribution is -0.384. The number of nitrogens with zero attached hydrogens (tertiary/aromatic N) is 2. The van der Waals surface area contributed by atoms with Crippen LogP contribution in [0, 0.1) is 28.9 Å². The van der Waals surface area contributed by atoms with Crippen molar-refractivity contribution in [1.29, 1.82) is 0 Å². The fraction of sp³-hybridized carbons (Fsp3) is 0.684. The lowest BCUT2D eigenvalue weighted by Crippen LogP contribution is -2.39. The van der Waals surface area contributed by atoms with Gasteiger partial charge in [0, 0.05) is 37.6 Å². The van der Waals surface area contributed by atoms with Crippen LogP contribution < -0.4 is 5.32 Å². The molecule has 2 saturated heterocycles.